The summed E-state index contributed by atoms with van der Waals surface area (Å²) in [6, 6.07) is 11.4. The highest BCUT2D eigenvalue weighted by molar-refractivity contribution is 6.36. The van der Waals surface area contributed by atoms with Crippen LogP contribution in [-0.4, -0.2) is 89.6 Å². The van der Waals surface area contributed by atoms with E-state index in [1.54, 1.807) is 6.07 Å². The van der Waals surface area contributed by atoms with Crippen molar-refractivity contribution in [1.29, 1.82) is 0 Å². The summed E-state index contributed by atoms with van der Waals surface area (Å²) in [5.74, 6) is 0.0874. The normalized spacial score (nSPS) is 19.0. The molecule has 12 nitrogen and oxygen atoms in total. The molecule has 1 saturated carbocycles. The minimum absolute atomic E-state index is 0.0613. The number of nitrogens with zero attached hydrogens (tertiary/aromatic N) is 6. The number of aliphatic carboxylic acids is 1. The molecule has 4 heterocycles. The Hall–Kier alpha value is -4.36. The number of fused-ring (bicyclic) bond motifs is 2. The highest BCUT2D eigenvalue weighted by Gasteiger charge is 2.30. The van der Waals surface area contributed by atoms with E-state index in [0.717, 1.165) is 110 Å². The Morgan fingerprint density at radius 3 is 2.13 bits per heavy atom. The number of aromatic nitrogens is 4. The first-order valence-corrected chi connectivity index (χ1v) is 19.5. The zero-order valence-electron chi connectivity index (χ0n) is 31.4. The van der Waals surface area contributed by atoms with Gasteiger partial charge in [-0.25, -0.2) is 9.97 Å². The number of hydrogen-bond acceptors (Lipinski definition) is 8. The predicted molar refractivity (Wildman–Crippen MR) is 207 cm³/mol. The van der Waals surface area contributed by atoms with Gasteiger partial charge in [0.05, 0.1) is 34.6 Å². The molecule has 1 aliphatic carbocycles. The number of β-amino-alcohol motifs (C(OH)–C–C–N with tert-alkyl or cyclic N) is 1. The number of nitrogens with one attached hydrogen (secondary N) is 1. The molecular weight excluding hydrogens is 706 g/mol. The molecule has 2 aliphatic heterocycles. The Kier molecular flexibility index (Phi) is 11.4. The van der Waals surface area contributed by atoms with Crippen molar-refractivity contribution in [3.63, 3.8) is 0 Å². The Morgan fingerprint density at radius 2 is 1.46 bits per heavy atom. The average Bonchev–Trinajstić information content (AvgIpc) is 3.68. The quantitative estimate of drug-likeness (QED) is 0.161. The number of aliphatic hydroxyl groups excluding tert-OH is 1. The van der Waals surface area contributed by atoms with Crippen LogP contribution in [-0.2, 0) is 51.2 Å². The maximum absolute atomic E-state index is 13.7. The van der Waals surface area contributed by atoms with E-state index in [-0.39, 0.29) is 30.6 Å². The van der Waals surface area contributed by atoms with Crippen molar-refractivity contribution in [3.8, 4) is 11.1 Å². The van der Waals surface area contributed by atoms with Crippen molar-refractivity contribution >= 4 is 34.9 Å². The SMILES string of the molecule is Cc1c(CC(=O)c2nc3c(n2C)CCN(CCO)C3)cccc1-c1cccc(NC(=O)c2nc3c(n2C)CCN(CCC2CCC(C(=O)O)CC2)C3)c1Cl. The second kappa shape index (κ2) is 16.2. The summed E-state index contributed by atoms with van der Waals surface area (Å²) in [6.45, 7) is 6.63. The lowest BCUT2D eigenvalue weighted by atomic mass is 9.80. The largest absolute Gasteiger partial charge is 0.481 e. The highest BCUT2D eigenvalue weighted by Crippen LogP contribution is 2.37. The summed E-state index contributed by atoms with van der Waals surface area (Å²) < 4.78 is 3.81. The average molecular weight is 756 g/mol. The second-order valence-corrected chi connectivity index (χ2v) is 15.6. The number of benzene rings is 2. The topological polar surface area (TPSA) is 146 Å². The van der Waals surface area contributed by atoms with Gasteiger partial charge < -0.3 is 24.7 Å². The molecule has 7 rings (SSSR count). The number of rotatable bonds is 12. The van der Waals surface area contributed by atoms with Gasteiger partial charge in [0.2, 0.25) is 5.78 Å². The number of carbonyl (C=O) groups excluding carboxylic acids is 2. The molecule has 0 radical (unpaired) electrons. The summed E-state index contributed by atoms with van der Waals surface area (Å²) in [7, 11) is 3.79. The van der Waals surface area contributed by atoms with Crippen LogP contribution in [0.15, 0.2) is 36.4 Å². The van der Waals surface area contributed by atoms with E-state index in [9.17, 15) is 24.6 Å². The molecule has 2 aromatic heterocycles. The van der Waals surface area contributed by atoms with Crippen molar-refractivity contribution in [3.05, 3.63) is 87.0 Å². The zero-order chi connectivity index (χ0) is 38.1. The number of carbonyl (C=O) groups is 3. The zero-order valence-corrected chi connectivity index (χ0v) is 32.2. The number of aliphatic hydroxyl groups is 1. The molecule has 1 fully saturated rings. The number of amides is 1. The first-order valence-electron chi connectivity index (χ1n) is 19.1. The number of hydrogen-bond donors (Lipinski definition) is 3. The number of Topliss-reactive ketones (excluding diaryl/α,β-unsaturated/α-hetero) is 1. The van der Waals surface area contributed by atoms with Crippen LogP contribution in [0, 0.1) is 18.8 Å². The number of halogens is 1. The number of carboxylic acids is 1. The smallest absolute Gasteiger partial charge is 0.306 e. The van der Waals surface area contributed by atoms with Crippen LogP contribution in [0.4, 0.5) is 5.69 Å². The summed E-state index contributed by atoms with van der Waals surface area (Å²) >= 11 is 7.02. The number of carboxylic acid groups (broad SMARTS) is 1. The number of imidazole rings is 2. The second-order valence-electron chi connectivity index (χ2n) is 15.2. The van der Waals surface area contributed by atoms with Gasteiger partial charge in [-0.2, -0.15) is 0 Å². The van der Waals surface area contributed by atoms with Gasteiger partial charge in [0.1, 0.15) is 0 Å². The van der Waals surface area contributed by atoms with Gasteiger partial charge in [0.15, 0.2) is 11.6 Å². The third-order valence-corrected chi connectivity index (χ3v) is 12.3. The van der Waals surface area contributed by atoms with E-state index in [0.29, 0.717) is 47.9 Å². The van der Waals surface area contributed by atoms with Gasteiger partial charge in [-0.1, -0.05) is 41.9 Å². The Balaban J connectivity index is 1.01. The van der Waals surface area contributed by atoms with Crippen LogP contribution in [0.1, 0.15) is 87.2 Å². The first-order chi connectivity index (χ1) is 26.0. The van der Waals surface area contributed by atoms with Gasteiger partial charge in [-0.05, 0) is 74.2 Å². The Morgan fingerprint density at radius 1 is 0.852 bits per heavy atom. The lowest BCUT2D eigenvalue weighted by Crippen LogP contribution is -2.33. The van der Waals surface area contributed by atoms with Gasteiger partial charge in [0, 0.05) is 83.0 Å². The van der Waals surface area contributed by atoms with Gasteiger partial charge in [0.25, 0.3) is 5.91 Å². The number of ketones is 1. The van der Waals surface area contributed by atoms with Gasteiger partial charge >= 0.3 is 5.97 Å². The predicted octanol–water partition coefficient (Wildman–Crippen LogP) is 5.45. The van der Waals surface area contributed by atoms with Gasteiger partial charge in [-0.15, -0.1) is 0 Å². The summed E-state index contributed by atoms with van der Waals surface area (Å²) in [5.41, 5.74) is 7.87. The fourth-order valence-electron chi connectivity index (χ4n) is 8.64. The molecule has 286 valence electrons. The maximum Gasteiger partial charge on any atom is 0.306 e. The molecule has 3 N–H and O–H groups in total. The Bertz CT molecular complexity index is 2060. The van der Waals surface area contributed by atoms with Crippen LogP contribution in [0.5, 0.6) is 0 Å². The highest BCUT2D eigenvalue weighted by atomic mass is 35.5. The fourth-order valence-corrected chi connectivity index (χ4v) is 8.91. The third kappa shape index (κ3) is 7.75. The van der Waals surface area contributed by atoms with Crippen LogP contribution in [0.25, 0.3) is 11.1 Å². The molecule has 4 aromatic rings. The van der Waals surface area contributed by atoms with Crippen molar-refractivity contribution in [2.45, 2.75) is 71.4 Å². The molecule has 0 saturated heterocycles. The lowest BCUT2D eigenvalue weighted by molar-refractivity contribution is -0.143. The van der Waals surface area contributed by atoms with Crippen LogP contribution in [0.3, 0.4) is 0 Å². The van der Waals surface area contributed by atoms with E-state index in [4.69, 9.17) is 21.6 Å². The minimum Gasteiger partial charge on any atom is -0.481 e. The monoisotopic (exact) mass is 755 g/mol. The summed E-state index contributed by atoms with van der Waals surface area (Å²) in [5, 5.41) is 22.1. The maximum atomic E-state index is 13.7. The standard InChI is InChI=1S/C41H50ClN7O5/c1-25-28(22-36(51)38-43-32-24-49(20-21-50)19-16-34(32)46(38)2)6-4-7-29(25)30-8-5-9-31(37(30)42)45-40(52)39-44-33-23-48(18-15-35(33)47(39)3)17-14-26-10-12-27(13-11-26)41(53)54/h4-9,26-27,50H,10-24H2,1-3H3,(H,45,52)(H,53,54). The van der Waals surface area contributed by atoms with E-state index < -0.39 is 5.97 Å². The van der Waals surface area contributed by atoms with Crippen LogP contribution in [0.2, 0.25) is 5.02 Å². The first kappa shape index (κ1) is 37.9. The van der Waals surface area contributed by atoms with Crippen LogP contribution < -0.4 is 5.32 Å². The van der Waals surface area contributed by atoms with Crippen molar-refractivity contribution in [1.82, 2.24) is 28.9 Å². The number of anilines is 1. The molecule has 13 heteroatoms. The van der Waals surface area contributed by atoms with E-state index in [1.807, 2.05) is 60.5 Å². The molecule has 3 aliphatic rings. The van der Waals surface area contributed by atoms with Crippen molar-refractivity contribution in [2.24, 2.45) is 25.9 Å². The van der Waals surface area contributed by atoms with E-state index in [1.165, 1.54) is 0 Å². The third-order valence-electron chi connectivity index (χ3n) is 11.9. The fraction of sp³-hybridized carbons (Fsp3) is 0.488. The molecule has 1 amide bonds. The van der Waals surface area contributed by atoms with Crippen molar-refractivity contribution in [2.75, 3.05) is 38.1 Å². The molecule has 0 bridgehead atoms. The molecular formula is C41H50ClN7O5. The molecule has 0 atom stereocenters. The molecule has 54 heavy (non-hydrogen) atoms. The van der Waals surface area contributed by atoms with Crippen molar-refractivity contribution < 1.29 is 24.6 Å². The molecule has 0 unspecified atom stereocenters. The van der Waals surface area contributed by atoms with Crippen LogP contribution >= 0.6 is 11.6 Å². The lowest BCUT2D eigenvalue weighted by Gasteiger charge is -2.30. The molecule has 2 aromatic carbocycles. The Labute approximate surface area is 321 Å². The minimum atomic E-state index is -0.666. The van der Waals surface area contributed by atoms with Gasteiger partial charge in [-0.3, -0.25) is 24.2 Å². The summed E-state index contributed by atoms with van der Waals surface area (Å²) in [4.78, 5) is 52.7. The van der Waals surface area contributed by atoms with E-state index in [2.05, 4.69) is 15.1 Å². The summed E-state index contributed by atoms with van der Waals surface area (Å²) in [6.07, 6.45) is 6.30. The van der Waals surface area contributed by atoms with E-state index >= 15 is 0 Å². The molecule has 0 spiro atoms.